The van der Waals surface area contributed by atoms with Crippen LogP contribution in [-0.4, -0.2) is 38.2 Å². The van der Waals surface area contributed by atoms with Crippen molar-refractivity contribution in [3.63, 3.8) is 0 Å². The summed E-state index contributed by atoms with van der Waals surface area (Å²) < 4.78 is 0. The van der Waals surface area contributed by atoms with Crippen molar-refractivity contribution in [3.05, 3.63) is 39.9 Å². The van der Waals surface area contributed by atoms with E-state index in [4.69, 9.17) is 0 Å². The summed E-state index contributed by atoms with van der Waals surface area (Å²) in [6, 6.07) is 6.26. The first-order valence-corrected chi connectivity index (χ1v) is 7.93. The average molecular weight is 322 g/mol. The van der Waals surface area contributed by atoms with Gasteiger partial charge in [-0.15, -0.1) is 0 Å². The van der Waals surface area contributed by atoms with Gasteiger partial charge in [-0.2, -0.15) is 12.6 Å². The number of likely N-dealkylation sites (tertiary alicyclic amines) is 1. The molecule has 118 valence electrons. The van der Waals surface area contributed by atoms with Gasteiger partial charge in [-0.05, 0) is 31.2 Å². The predicted octanol–water partition coefficient (Wildman–Crippen LogP) is 2.08. The zero-order valence-corrected chi connectivity index (χ0v) is 12.9. The molecule has 0 spiro atoms. The largest absolute Gasteiger partial charge is 0.393 e. The van der Waals surface area contributed by atoms with Crippen molar-refractivity contribution in [2.45, 2.75) is 49.1 Å². The average Bonchev–Trinajstić information content (AvgIpc) is 2.53. The molecule has 1 amide bonds. The maximum absolute atomic E-state index is 12.2. The van der Waals surface area contributed by atoms with E-state index in [2.05, 4.69) is 12.6 Å². The summed E-state index contributed by atoms with van der Waals surface area (Å²) in [6.45, 7) is 0. The van der Waals surface area contributed by atoms with Crippen molar-refractivity contribution in [2.24, 2.45) is 0 Å². The second-order valence-corrected chi connectivity index (χ2v) is 6.51. The summed E-state index contributed by atoms with van der Waals surface area (Å²) in [5, 5.41) is 20.1. The Bertz CT molecular complexity index is 601. The fourth-order valence-electron chi connectivity index (χ4n) is 3.40. The Morgan fingerprint density at radius 2 is 1.95 bits per heavy atom. The van der Waals surface area contributed by atoms with Gasteiger partial charge in [-0.25, -0.2) is 0 Å². The van der Waals surface area contributed by atoms with Crippen LogP contribution in [0.2, 0.25) is 0 Å². The number of nitro groups is 1. The number of amides is 1. The molecular formula is C15H18N2O4S. The Morgan fingerprint density at radius 3 is 2.59 bits per heavy atom. The van der Waals surface area contributed by atoms with E-state index in [9.17, 15) is 20.0 Å². The number of β-lactam (4-membered cyclic amide) rings is 1. The molecule has 1 aliphatic heterocycles. The molecule has 7 heteroatoms. The summed E-state index contributed by atoms with van der Waals surface area (Å²) in [5.41, 5.74) is 0.774. The lowest BCUT2D eigenvalue weighted by molar-refractivity contribution is -0.385. The van der Waals surface area contributed by atoms with Gasteiger partial charge in [0.2, 0.25) is 5.91 Å². The van der Waals surface area contributed by atoms with E-state index in [0.717, 1.165) is 18.4 Å². The maximum atomic E-state index is 12.2. The van der Waals surface area contributed by atoms with Crippen molar-refractivity contribution >= 4 is 24.2 Å². The van der Waals surface area contributed by atoms with Crippen molar-refractivity contribution < 1.29 is 14.8 Å². The molecule has 1 aliphatic carbocycles. The molecule has 1 saturated carbocycles. The highest BCUT2D eigenvalue weighted by Gasteiger charge is 2.49. The number of rotatable bonds is 3. The number of nitrogens with zero attached hydrogens (tertiary/aromatic N) is 2. The smallest absolute Gasteiger partial charge is 0.269 e. The topological polar surface area (TPSA) is 83.7 Å². The van der Waals surface area contributed by atoms with E-state index >= 15 is 0 Å². The first kappa shape index (κ1) is 15.3. The van der Waals surface area contributed by atoms with Gasteiger partial charge in [0.15, 0.2) is 0 Å². The molecule has 0 bridgehead atoms. The van der Waals surface area contributed by atoms with E-state index < -0.39 is 10.2 Å². The van der Waals surface area contributed by atoms with Gasteiger partial charge in [0.25, 0.3) is 5.69 Å². The van der Waals surface area contributed by atoms with Gasteiger partial charge in [0.1, 0.15) is 5.25 Å². The van der Waals surface area contributed by atoms with E-state index in [1.54, 1.807) is 17.0 Å². The van der Waals surface area contributed by atoms with Crippen molar-refractivity contribution in [1.82, 2.24) is 4.90 Å². The minimum atomic E-state index is -0.450. The number of aliphatic hydroxyl groups is 1. The zero-order valence-electron chi connectivity index (χ0n) is 12.0. The molecule has 1 saturated heterocycles. The lowest BCUT2D eigenvalue weighted by atomic mass is 9.84. The van der Waals surface area contributed by atoms with Gasteiger partial charge >= 0.3 is 0 Å². The summed E-state index contributed by atoms with van der Waals surface area (Å²) in [6.07, 6.45) is 2.62. The Morgan fingerprint density at radius 1 is 1.27 bits per heavy atom. The molecule has 6 nitrogen and oxygen atoms in total. The van der Waals surface area contributed by atoms with Crippen LogP contribution in [0.25, 0.3) is 0 Å². The number of carbonyl (C=O) groups excluding carboxylic acids is 1. The Kier molecular flexibility index (Phi) is 4.10. The molecule has 1 aromatic carbocycles. The van der Waals surface area contributed by atoms with Crippen LogP contribution in [0.3, 0.4) is 0 Å². The number of aliphatic hydroxyl groups excluding tert-OH is 1. The molecule has 2 fully saturated rings. The number of thiol groups is 1. The maximum Gasteiger partial charge on any atom is 0.269 e. The molecule has 1 N–H and O–H groups in total. The van der Waals surface area contributed by atoms with Gasteiger partial charge in [-0.1, -0.05) is 12.1 Å². The Hall–Kier alpha value is -1.60. The molecule has 0 unspecified atom stereocenters. The summed E-state index contributed by atoms with van der Waals surface area (Å²) in [4.78, 5) is 24.5. The molecule has 3 rings (SSSR count). The highest BCUT2D eigenvalue weighted by Crippen LogP contribution is 2.43. The molecule has 0 radical (unpaired) electrons. The number of hydrogen-bond donors (Lipinski definition) is 2. The van der Waals surface area contributed by atoms with Gasteiger partial charge in [0.05, 0.1) is 17.1 Å². The van der Waals surface area contributed by atoms with Crippen LogP contribution in [0.15, 0.2) is 24.3 Å². The van der Waals surface area contributed by atoms with Crippen LogP contribution < -0.4 is 0 Å². The van der Waals surface area contributed by atoms with Gasteiger partial charge in [-0.3, -0.25) is 14.9 Å². The number of non-ortho nitro benzene ring substituents is 1. The number of hydrogen-bond acceptors (Lipinski definition) is 5. The lowest BCUT2D eigenvalue weighted by Crippen LogP contribution is -2.60. The molecule has 2 aliphatic rings. The summed E-state index contributed by atoms with van der Waals surface area (Å²) >= 11 is 4.36. The minimum Gasteiger partial charge on any atom is -0.393 e. The second-order valence-electron chi connectivity index (χ2n) is 5.95. The first-order valence-electron chi connectivity index (χ1n) is 7.41. The quantitative estimate of drug-likeness (QED) is 0.386. The molecule has 22 heavy (non-hydrogen) atoms. The highest BCUT2D eigenvalue weighted by molar-refractivity contribution is 7.82. The first-order chi connectivity index (χ1) is 10.5. The molecule has 0 aromatic heterocycles. The Labute approximate surface area is 133 Å². The number of nitro benzene ring substituents is 1. The van der Waals surface area contributed by atoms with Gasteiger partial charge in [0, 0.05) is 18.2 Å². The normalized spacial score (nSPS) is 31.7. The standard InChI is InChI=1S/C15H18N2O4S/c18-12-6-4-10(5-7-12)16-13(14(22)15(16)19)9-2-1-3-11(8-9)17(20)21/h1-3,8,10,12-14,18,22H,4-7H2/t10?,12?,13-,14-/m1/s1. The van der Waals surface area contributed by atoms with Crippen molar-refractivity contribution in [2.75, 3.05) is 0 Å². The Balaban J connectivity index is 1.83. The van der Waals surface area contributed by atoms with E-state index in [1.807, 2.05) is 0 Å². The van der Waals surface area contributed by atoms with Crippen LogP contribution in [0.5, 0.6) is 0 Å². The van der Waals surface area contributed by atoms with Gasteiger partial charge < -0.3 is 10.0 Å². The minimum absolute atomic E-state index is 0.0244. The zero-order chi connectivity index (χ0) is 15.9. The van der Waals surface area contributed by atoms with Crippen molar-refractivity contribution in [3.8, 4) is 0 Å². The van der Waals surface area contributed by atoms with Crippen LogP contribution in [0.4, 0.5) is 5.69 Å². The van der Waals surface area contributed by atoms with E-state index in [-0.39, 0.29) is 29.8 Å². The molecule has 1 aromatic rings. The van der Waals surface area contributed by atoms with Crippen molar-refractivity contribution in [1.29, 1.82) is 0 Å². The van der Waals surface area contributed by atoms with Crippen LogP contribution >= 0.6 is 12.6 Å². The molecule has 1 heterocycles. The lowest BCUT2D eigenvalue weighted by Gasteiger charge is -2.51. The second kappa shape index (κ2) is 5.89. The van der Waals surface area contributed by atoms with Crippen LogP contribution in [-0.2, 0) is 4.79 Å². The fraction of sp³-hybridized carbons (Fsp3) is 0.533. The third-order valence-corrected chi connectivity index (χ3v) is 5.09. The SMILES string of the molecule is O=C1[C@H](S)[C@@H](c2cccc([N+](=O)[O-])c2)N1C1CCC(O)CC1. The monoisotopic (exact) mass is 322 g/mol. The predicted molar refractivity (Wildman–Crippen MR) is 83.7 cm³/mol. The third kappa shape index (κ3) is 2.59. The molecule has 2 atom stereocenters. The summed E-state index contributed by atoms with van der Waals surface area (Å²) in [7, 11) is 0. The van der Waals surface area contributed by atoms with E-state index in [1.165, 1.54) is 12.1 Å². The number of carbonyl (C=O) groups is 1. The third-order valence-electron chi connectivity index (χ3n) is 4.59. The summed E-state index contributed by atoms with van der Waals surface area (Å²) in [5.74, 6) is -0.0266. The number of benzene rings is 1. The van der Waals surface area contributed by atoms with Crippen LogP contribution in [0, 0.1) is 10.1 Å². The van der Waals surface area contributed by atoms with E-state index in [0.29, 0.717) is 12.8 Å². The molecular weight excluding hydrogens is 304 g/mol. The fourth-order valence-corrected chi connectivity index (χ4v) is 3.85. The highest BCUT2D eigenvalue weighted by atomic mass is 32.1. The van der Waals surface area contributed by atoms with Crippen LogP contribution in [0.1, 0.15) is 37.3 Å².